The zero-order chi connectivity index (χ0) is 11.4. The van der Waals surface area contributed by atoms with Crippen molar-refractivity contribution in [2.24, 2.45) is 0 Å². The van der Waals surface area contributed by atoms with E-state index in [0.717, 1.165) is 0 Å². The molecular weight excluding hydrogens is 206 g/mol. The third kappa shape index (κ3) is 2.20. The summed E-state index contributed by atoms with van der Waals surface area (Å²) < 4.78 is 10.4. The van der Waals surface area contributed by atoms with Gasteiger partial charge >= 0.3 is 6.01 Å². The maximum atomic E-state index is 5.73. The summed E-state index contributed by atoms with van der Waals surface area (Å²) in [6, 6.07) is 8.99. The molecule has 0 bridgehead atoms. The van der Waals surface area contributed by atoms with Crippen molar-refractivity contribution in [2.75, 3.05) is 12.8 Å². The molecule has 0 spiro atoms. The van der Waals surface area contributed by atoms with Gasteiger partial charge in [-0.15, -0.1) is 0 Å². The van der Waals surface area contributed by atoms with Crippen LogP contribution < -0.4 is 15.2 Å². The zero-order valence-electron chi connectivity index (χ0n) is 8.75. The Morgan fingerprint density at radius 3 is 2.75 bits per heavy atom. The van der Waals surface area contributed by atoms with Gasteiger partial charge in [-0.3, -0.25) is 0 Å². The Kier molecular flexibility index (Phi) is 2.86. The van der Waals surface area contributed by atoms with Crippen LogP contribution in [0, 0.1) is 0 Å². The molecule has 0 amide bonds. The van der Waals surface area contributed by atoms with E-state index >= 15 is 0 Å². The average molecular weight is 217 g/mol. The first-order chi connectivity index (χ1) is 7.79. The summed E-state index contributed by atoms with van der Waals surface area (Å²) >= 11 is 0. The predicted octanol–water partition coefficient (Wildman–Crippen LogP) is 1.86. The number of nitrogens with zero attached hydrogens (tertiary/aromatic N) is 2. The van der Waals surface area contributed by atoms with E-state index in [0.29, 0.717) is 17.3 Å². The Balaban J connectivity index is 2.24. The number of methoxy groups -OCH3 is 1. The number of benzene rings is 1. The first-order valence-corrected chi connectivity index (χ1v) is 4.69. The van der Waals surface area contributed by atoms with Crippen molar-refractivity contribution in [3.8, 4) is 17.6 Å². The lowest BCUT2D eigenvalue weighted by molar-refractivity contribution is 0.377. The molecule has 1 aromatic heterocycles. The summed E-state index contributed by atoms with van der Waals surface area (Å²) in [5.41, 5.74) is 6.26. The van der Waals surface area contributed by atoms with E-state index in [1.54, 1.807) is 24.4 Å². The van der Waals surface area contributed by atoms with Gasteiger partial charge in [0.05, 0.1) is 12.8 Å². The molecule has 1 heterocycles. The van der Waals surface area contributed by atoms with Crippen LogP contribution in [0.25, 0.3) is 0 Å². The highest BCUT2D eigenvalue weighted by Crippen LogP contribution is 2.24. The smallest absolute Gasteiger partial charge is 0.325 e. The molecule has 0 saturated carbocycles. The van der Waals surface area contributed by atoms with Crippen molar-refractivity contribution < 1.29 is 9.47 Å². The second-order valence-corrected chi connectivity index (χ2v) is 3.02. The molecule has 0 saturated heterocycles. The molecule has 0 aliphatic rings. The number of para-hydroxylation sites is 2. The summed E-state index contributed by atoms with van der Waals surface area (Å²) in [5.74, 6) is 0.968. The van der Waals surface area contributed by atoms with Crippen molar-refractivity contribution >= 4 is 5.69 Å². The Labute approximate surface area is 92.9 Å². The van der Waals surface area contributed by atoms with Crippen LogP contribution in [0.3, 0.4) is 0 Å². The second kappa shape index (κ2) is 4.48. The molecule has 0 unspecified atom stereocenters. The Morgan fingerprint density at radius 2 is 2.00 bits per heavy atom. The highest BCUT2D eigenvalue weighted by atomic mass is 16.5. The molecule has 5 heteroatoms. The van der Waals surface area contributed by atoms with E-state index in [4.69, 9.17) is 15.2 Å². The van der Waals surface area contributed by atoms with Crippen LogP contribution in [0.1, 0.15) is 0 Å². The molecule has 0 aliphatic heterocycles. The van der Waals surface area contributed by atoms with E-state index in [-0.39, 0.29) is 6.01 Å². The molecule has 16 heavy (non-hydrogen) atoms. The van der Waals surface area contributed by atoms with Crippen LogP contribution in [-0.4, -0.2) is 17.1 Å². The molecule has 82 valence electrons. The van der Waals surface area contributed by atoms with Gasteiger partial charge in [0.25, 0.3) is 0 Å². The summed E-state index contributed by atoms with van der Waals surface area (Å²) in [6.45, 7) is 0. The summed E-state index contributed by atoms with van der Waals surface area (Å²) in [4.78, 5) is 7.97. The number of hydrogen-bond acceptors (Lipinski definition) is 5. The van der Waals surface area contributed by atoms with E-state index in [2.05, 4.69) is 9.97 Å². The summed E-state index contributed by atoms with van der Waals surface area (Å²) in [7, 11) is 1.53. The average Bonchev–Trinajstić information content (AvgIpc) is 2.32. The molecule has 0 fully saturated rings. The number of nitrogens with two attached hydrogens (primary N) is 1. The predicted molar refractivity (Wildman–Crippen MR) is 59.5 cm³/mol. The fourth-order valence-electron chi connectivity index (χ4n) is 1.16. The minimum absolute atomic E-state index is 0.206. The molecule has 2 N–H and O–H groups in total. The molecule has 1 aromatic carbocycles. The van der Waals surface area contributed by atoms with Gasteiger partial charge in [-0.2, -0.15) is 4.98 Å². The quantitative estimate of drug-likeness (QED) is 0.794. The Morgan fingerprint density at radius 1 is 1.19 bits per heavy atom. The van der Waals surface area contributed by atoms with Crippen molar-refractivity contribution in [1.82, 2.24) is 9.97 Å². The summed E-state index contributed by atoms with van der Waals surface area (Å²) in [5, 5.41) is 0. The van der Waals surface area contributed by atoms with Crippen LogP contribution in [0.4, 0.5) is 5.69 Å². The first kappa shape index (κ1) is 10.2. The van der Waals surface area contributed by atoms with Gasteiger partial charge in [-0.05, 0) is 12.1 Å². The maximum Gasteiger partial charge on any atom is 0.325 e. The van der Waals surface area contributed by atoms with Crippen LogP contribution in [-0.2, 0) is 0 Å². The standard InChI is InChI=1S/C11H11N3O2/c1-15-10-6-7-13-11(14-10)16-9-5-3-2-4-8(9)12/h2-7H,12H2,1H3. The van der Waals surface area contributed by atoms with Crippen LogP contribution >= 0.6 is 0 Å². The fraction of sp³-hybridized carbons (Fsp3) is 0.0909. The number of rotatable bonds is 3. The molecular formula is C11H11N3O2. The molecule has 5 nitrogen and oxygen atoms in total. The highest BCUT2D eigenvalue weighted by molar-refractivity contribution is 5.52. The van der Waals surface area contributed by atoms with Gasteiger partial charge in [-0.1, -0.05) is 12.1 Å². The van der Waals surface area contributed by atoms with Crippen LogP contribution in [0.2, 0.25) is 0 Å². The lowest BCUT2D eigenvalue weighted by Crippen LogP contribution is -1.96. The maximum absolute atomic E-state index is 5.73. The highest BCUT2D eigenvalue weighted by Gasteiger charge is 2.04. The molecule has 0 radical (unpaired) electrons. The Bertz CT molecular complexity index is 488. The number of hydrogen-bond donors (Lipinski definition) is 1. The van der Waals surface area contributed by atoms with Crippen LogP contribution in [0.5, 0.6) is 17.6 Å². The van der Waals surface area contributed by atoms with Crippen molar-refractivity contribution in [3.63, 3.8) is 0 Å². The van der Waals surface area contributed by atoms with Crippen molar-refractivity contribution in [1.29, 1.82) is 0 Å². The third-order valence-corrected chi connectivity index (χ3v) is 1.94. The second-order valence-electron chi connectivity index (χ2n) is 3.02. The SMILES string of the molecule is COc1ccnc(Oc2ccccc2N)n1. The zero-order valence-corrected chi connectivity index (χ0v) is 8.75. The molecule has 0 atom stereocenters. The normalized spacial score (nSPS) is 9.81. The molecule has 2 aromatic rings. The van der Waals surface area contributed by atoms with Crippen molar-refractivity contribution in [2.45, 2.75) is 0 Å². The van der Waals surface area contributed by atoms with Gasteiger partial charge in [-0.25, -0.2) is 4.98 Å². The fourth-order valence-corrected chi connectivity index (χ4v) is 1.16. The van der Waals surface area contributed by atoms with Crippen molar-refractivity contribution in [3.05, 3.63) is 36.5 Å². The monoisotopic (exact) mass is 217 g/mol. The number of ether oxygens (including phenoxy) is 2. The summed E-state index contributed by atoms with van der Waals surface area (Å²) in [6.07, 6.45) is 1.56. The largest absolute Gasteiger partial charge is 0.481 e. The first-order valence-electron chi connectivity index (χ1n) is 4.69. The lowest BCUT2D eigenvalue weighted by atomic mass is 10.3. The minimum Gasteiger partial charge on any atom is -0.481 e. The minimum atomic E-state index is 0.206. The lowest BCUT2D eigenvalue weighted by Gasteiger charge is -2.06. The number of nitrogen functional groups attached to an aromatic ring is 1. The van der Waals surface area contributed by atoms with Gasteiger partial charge in [0.15, 0.2) is 5.75 Å². The van der Waals surface area contributed by atoms with E-state index < -0.39 is 0 Å². The van der Waals surface area contributed by atoms with Gasteiger partial charge in [0.1, 0.15) is 0 Å². The number of aromatic nitrogens is 2. The number of anilines is 1. The molecule has 2 rings (SSSR count). The Hall–Kier alpha value is -2.30. The van der Waals surface area contributed by atoms with Gasteiger partial charge in [0, 0.05) is 12.3 Å². The van der Waals surface area contributed by atoms with Crippen LogP contribution in [0.15, 0.2) is 36.5 Å². The molecule has 0 aliphatic carbocycles. The topological polar surface area (TPSA) is 70.3 Å². The van der Waals surface area contributed by atoms with E-state index in [1.807, 2.05) is 12.1 Å². The van der Waals surface area contributed by atoms with Gasteiger partial charge in [0.2, 0.25) is 5.88 Å². The van der Waals surface area contributed by atoms with E-state index in [1.165, 1.54) is 7.11 Å². The van der Waals surface area contributed by atoms with E-state index in [9.17, 15) is 0 Å². The van der Waals surface area contributed by atoms with Gasteiger partial charge < -0.3 is 15.2 Å². The third-order valence-electron chi connectivity index (χ3n) is 1.94.